The van der Waals surface area contributed by atoms with Crippen molar-refractivity contribution < 1.29 is 13.5 Å². The van der Waals surface area contributed by atoms with Gasteiger partial charge in [0.15, 0.2) is 4.21 Å². The van der Waals surface area contributed by atoms with Crippen molar-refractivity contribution in [3.63, 3.8) is 0 Å². The molecule has 0 saturated heterocycles. The van der Waals surface area contributed by atoms with Crippen molar-refractivity contribution in [3.05, 3.63) is 46.1 Å². The summed E-state index contributed by atoms with van der Waals surface area (Å²) in [5.41, 5.74) is 2.31. The molecule has 0 aliphatic heterocycles. The van der Waals surface area contributed by atoms with Crippen LogP contribution in [0, 0.1) is 13.8 Å². The average molecular weight is 324 g/mol. The molecule has 1 heterocycles. The highest BCUT2D eigenvalue weighted by molar-refractivity contribution is 7.91. The lowest BCUT2D eigenvalue weighted by Gasteiger charge is -2.17. The smallest absolute Gasteiger partial charge is 0.252 e. The Morgan fingerprint density at radius 1 is 1.33 bits per heavy atom. The summed E-state index contributed by atoms with van der Waals surface area (Å²) in [6, 6.07) is 6.89. The number of nitrogens with zero attached hydrogens (tertiary/aromatic N) is 1. The molecule has 0 radical (unpaired) electrons. The van der Waals surface area contributed by atoms with Crippen molar-refractivity contribution in [2.24, 2.45) is 0 Å². The van der Waals surface area contributed by atoms with Crippen molar-refractivity contribution >= 4 is 21.4 Å². The summed E-state index contributed by atoms with van der Waals surface area (Å²) in [5, 5.41) is 10.9. The van der Waals surface area contributed by atoms with Gasteiger partial charge in [-0.2, -0.15) is 0 Å². The second-order valence-electron chi connectivity index (χ2n) is 5.17. The number of aryl methyl sites for hydroxylation is 2. The zero-order chi connectivity index (χ0) is 15.2. The molecular weight excluding hydrogens is 308 g/mol. The summed E-state index contributed by atoms with van der Waals surface area (Å²) in [6.45, 7) is 3.45. The molecule has 1 aromatic heterocycles. The molecule has 112 valence electrons. The van der Waals surface area contributed by atoms with Gasteiger partial charge in [0, 0.05) is 6.42 Å². The number of hydrogen-bond acceptors (Lipinski definition) is 5. The number of hydrogen-bond donors (Lipinski definition) is 2. The lowest BCUT2D eigenvalue weighted by molar-refractivity contribution is 0.151. The molecule has 1 aromatic carbocycles. The van der Waals surface area contributed by atoms with Gasteiger partial charge < -0.3 is 5.11 Å². The monoisotopic (exact) mass is 324 g/mol. The Hall–Kier alpha value is -1.28. The van der Waals surface area contributed by atoms with Crippen molar-refractivity contribution in [3.8, 4) is 0 Å². The van der Waals surface area contributed by atoms with Gasteiger partial charge in [-0.25, -0.2) is 18.1 Å². The number of rotatable bonds is 3. The van der Waals surface area contributed by atoms with Gasteiger partial charge in [-0.05, 0) is 25.0 Å². The minimum absolute atomic E-state index is 0.219. The van der Waals surface area contributed by atoms with E-state index in [4.69, 9.17) is 0 Å². The number of thiazole rings is 1. The number of aliphatic hydroxyl groups excluding tert-OH is 1. The molecule has 2 N–H and O–H groups in total. The Balaban J connectivity index is 1.95. The average Bonchev–Trinajstić information content (AvgIpc) is 2.91. The standard InChI is InChI=1S/C14H16N2O3S2/c1-8-14(20-9(2)15-8)21(18,19)16-13-11-6-4-3-5-10(11)7-12(13)17/h3-6,12-13,16-17H,7H2,1-2H3/t12-,13+/m0/s1. The van der Waals surface area contributed by atoms with Crippen LogP contribution in [0.4, 0.5) is 0 Å². The molecule has 0 bridgehead atoms. The van der Waals surface area contributed by atoms with E-state index in [1.54, 1.807) is 13.8 Å². The molecular formula is C14H16N2O3S2. The van der Waals surface area contributed by atoms with E-state index in [1.165, 1.54) is 0 Å². The van der Waals surface area contributed by atoms with Gasteiger partial charge in [0.05, 0.1) is 22.8 Å². The molecule has 2 atom stereocenters. The predicted octanol–water partition coefficient (Wildman–Crippen LogP) is 1.70. The first-order chi connectivity index (χ1) is 9.88. The van der Waals surface area contributed by atoms with Crippen LogP contribution in [0.15, 0.2) is 28.5 Å². The summed E-state index contributed by atoms with van der Waals surface area (Å²) in [7, 11) is -3.68. The number of aliphatic hydroxyl groups is 1. The molecule has 1 aliphatic rings. The zero-order valence-corrected chi connectivity index (χ0v) is 13.3. The molecule has 21 heavy (non-hydrogen) atoms. The van der Waals surface area contributed by atoms with Gasteiger partial charge in [-0.15, -0.1) is 11.3 Å². The van der Waals surface area contributed by atoms with E-state index in [2.05, 4.69) is 9.71 Å². The number of benzene rings is 1. The topological polar surface area (TPSA) is 79.3 Å². The Labute approximate surface area is 127 Å². The highest BCUT2D eigenvalue weighted by Gasteiger charge is 2.35. The predicted molar refractivity (Wildman–Crippen MR) is 80.8 cm³/mol. The molecule has 0 saturated carbocycles. The second-order valence-corrected chi connectivity index (χ2v) is 8.29. The van der Waals surface area contributed by atoms with Crippen LogP contribution in [0.5, 0.6) is 0 Å². The first-order valence-corrected chi connectivity index (χ1v) is 8.90. The van der Waals surface area contributed by atoms with Crippen LogP contribution >= 0.6 is 11.3 Å². The maximum Gasteiger partial charge on any atom is 0.252 e. The van der Waals surface area contributed by atoms with Crippen molar-refractivity contribution in [1.29, 1.82) is 0 Å². The minimum atomic E-state index is -3.68. The number of aromatic nitrogens is 1. The van der Waals surface area contributed by atoms with Crippen LogP contribution in [0.3, 0.4) is 0 Å². The maximum atomic E-state index is 12.5. The van der Waals surface area contributed by atoms with Crippen LogP contribution in [-0.4, -0.2) is 24.6 Å². The number of nitrogens with one attached hydrogen (secondary N) is 1. The van der Waals surface area contributed by atoms with E-state index in [0.29, 0.717) is 17.1 Å². The van der Waals surface area contributed by atoms with E-state index in [0.717, 1.165) is 22.5 Å². The normalized spacial score (nSPS) is 21.5. The van der Waals surface area contributed by atoms with Gasteiger partial charge in [0.2, 0.25) is 0 Å². The van der Waals surface area contributed by atoms with Gasteiger partial charge in [0.1, 0.15) is 0 Å². The van der Waals surface area contributed by atoms with Crippen LogP contribution < -0.4 is 4.72 Å². The highest BCUT2D eigenvalue weighted by Crippen LogP contribution is 2.33. The first kappa shape index (κ1) is 14.6. The van der Waals surface area contributed by atoms with Crippen molar-refractivity contribution in [1.82, 2.24) is 9.71 Å². The van der Waals surface area contributed by atoms with E-state index in [9.17, 15) is 13.5 Å². The fraction of sp³-hybridized carbons (Fsp3) is 0.357. The summed E-state index contributed by atoms with van der Waals surface area (Å²) in [4.78, 5) is 4.15. The molecule has 7 heteroatoms. The number of fused-ring (bicyclic) bond motifs is 1. The molecule has 5 nitrogen and oxygen atoms in total. The summed E-state index contributed by atoms with van der Waals surface area (Å²) in [5.74, 6) is 0. The first-order valence-electron chi connectivity index (χ1n) is 6.61. The van der Waals surface area contributed by atoms with Crippen LogP contribution in [0.1, 0.15) is 27.9 Å². The highest BCUT2D eigenvalue weighted by atomic mass is 32.2. The van der Waals surface area contributed by atoms with Gasteiger partial charge in [-0.3, -0.25) is 0 Å². The quantitative estimate of drug-likeness (QED) is 0.900. The fourth-order valence-corrected chi connectivity index (χ4v) is 5.45. The Morgan fingerprint density at radius 2 is 2.05 bits per heavy atom. The summed E-state index contributed by atoms with van der Waals surface area (Å²) >= 11 is 1.14. The van der Waals surface area contributed by atoms with Crippen molar-refractivity contribution in [2.75, 3.05) is 0 Å². The lowest BCUT2D eigenvalue weighted by Crippen LogP contribution is -2.33. The van der Waals surface area contributed by atoms with E-state index < -0.39 is 22.2 Å². The molecule has 0 spiro atoms. The number of sulfonamides is 1. The Kier molecular flexibility index (Phi) is 3.61. The molecule has 0 unspecified atom stereocenters. The second kappa shape index (κ2) is 5.17. The molecule has 0 fully saturated rings. The van der Waals surface area contributed by atoms with Crippen molar-refractivity contribution in [2.45, 2.75) is 36.6 Å². The molecule has 3 rings (SSSR count). The van der Waals surface area contributed by atoms with Gasteiger partial charge in [0.25, 0.3) is 10.0 Å². The zero-order valence-electron chi connectivity index (χ0n) is 11.7. The summed E-state index contributed by atoms with van der Waals surface area (Å²) in [6.07, 6.45) is -0.282. The van der Waals surface area contributed by atoms with Gasteiger partial charge >= 0.3 is 0 Å². The SMILES string of the molecule is Cc1nc(C)c(S(=O)(=O)N[C@@H]2c3ccccc3C[C@@H]2O)s1. The Morgan fingerprint density at radius 3 is 2.71 bits per heavy atom. The fourth-order valence-electron chi connectivity index (χ4n) is 2.70. The van der Waals surface area contributed by atoms with Crippen LogP contribution in [-0.2, 0) is 16.4 Å². The third-order valence-electron chi connectivity index (χ3n) is 3.59. The third kappa shape index (κ3) is 2.62. The Bertz CT molecular complexity index is 783. The molecule has 2 aromatic rings. The van der Waals surface area contributed by atoms with Gasteiger partial charge in [-0.1, -0.05) is 24.3 Å². The largest absolute Gasteiger partial charge is 0.391 e. The maximum absolute atomic E-state index is 12.5. The van der Waals surface area contributed by atoms with E-state index in [-0.39, 0.29) is 4.21 Å². The lowest BCUT2D eigenvalue weighted by atomic mass is 10.1. The van der Waals surface area contributed by atoms with Crippen LogP contribution in [0.25, 0.3) is 0 Å². The summed E-state index contributed by atoms with van der Waals surface area (Å²) < 4.78 is 27.9. The van der Waals surface area contributed by atoms with E-state index >= 15 is 0 Å². The van der Waals surface area contributed by atoms with E-state index in [1.807, 2.05) is 24.3 Å². The molecule has 1 aliphatic carbocycles. The minimum Gasteiger partial charge on any atom is -0.391 e. The molecule has 0 amide bonds. The third-order valence-corrected chi connectivity index (χ3v) is 6.71. The van der Waals surface area contributed by atoms with Crippen LogP contribution in [0.2, 0.25) is 0 Å².